The highest BCUT2D eigenvalue weighted by atomic mass is 16.5. The highest BCUT2D eigenvalue weighted by molar-refractivity contribution is 5.77. The summed E-state index contributed by atoms with van der Waals surface area (Å²) in [6.07, 6.45) is 2.21. The lowest BCUT2D eigenvalue weighted by Crippen LogP contribution is -2.52. The number of aryl methyl sites for hydroxylation is 1. The molecule has 6 heteroatoms. The summed E-state index contributed by atoms with van der Waals surface area (Å²) in [6.45, 7) is 10.4. The molecule has 1 saturated heterocycles. The number of benzene rings is 1. The van der Waals surface area contributed by atoms with Gasteiger partial charge in [0.25, 0.3) is 5.91 Å². The van der Waals surface area contributed by atoms with E-state index in [2.05, 4.69) is 24.1 Å². The van der Waals surface area contributed by atoms with Crippen molar-refractivity contribution in [3.05, 3.63) is 23.8 Å². The number of carbonyl (C=O) groups excluding carboxylic acids is 1. The Labute approximate surface area is 163 Å². The van der Waals surface area contributed by atoms with Crippen molar-refractivity contribution in [3.63, 3.8) is 0 Å². The fraction of sp³-hybridized carbons (Fsp3) is 0.667. The van der Waals surface area contributed by atoms with E-state index in [0.29, 0.717) is 30.0 Å². The van der Waals surface area contributed by atoms with E-state index in [0.717, 1.165) is 44.7 Å². The van der Waals surface area contributed by atoms with Crippen LogP contribution in [0.4, 0.5) is 0 Å². The molecule has 0 aliphatic carbocycles. The van der Waals surface area contributed by atoms with Gasteiger partial charge >= 0.3 is 0 Å². The maximum atomic E-state index is 12.3. The number of nitrogens with zero attached hydrogens (tertiary/aromatic N) is 1. The summed E-state index contributed by atoms with van der Waals surface area (Å²) >= 11 is 0. The molecule has 1 fully saturated rings. The summed E-state index contributed by atoms with van der Waals surface area (Å²) in [6, 6.07) is 6.01. The van der Waals surface area contributed by atoms with Crippen LogP contribution in [0.5, 0.6) is 11.5 Å². The van der Waals surface area contributed by atoms with Crippen LogP contribution < -0.4 is 14.8 Å². The zero-order valence-electron chi connectivity index (χ0n) is 17.1. The number of nitrogens with one attached hydrogen (secondary N) is 1. The van der Waals surface area contributed by atoms with Crippen molar-refractivity contribution in [1.82, 2.24) is 10.2 Å². The largest absolute Gasteiger partial charge is 0.493 e. The summed E-state index contributed by atoms with van der Waals surface area (Å²) in [5.74, 6) is 1.68. The first-order valence-corrected chi connectivity index (χ1v) is 9.94. The van der Waals surface area contributed by atoms with Gasteiger partial charge < -0.3 is 19.5 Å². The zero-order chi connectivity index (χ0) is 19.6. The Balaban J connectivity index is 1.89. The molecule has 1 heterocycles. The minimum absolute atomic E-state index is 0.0157. The predicted molar refractivity (Wildman–Crippen MR) is 106 cm³/mol. The SMILES string of the molecule is CCC(CC)C(CNC(=O)COc1ccc(C)cc1OC)N1CCOCC1. The van der Waals surface area contributed by atoms with Crippen LogP contribution in [0, 0.1) is 12.8 Å². The molecule has 0 radical (unpaired) electrons. The van der Waals surface area contributed by atoms with Gasteiger partial charge in [-0.3, -0.25) is 9.69 Å². The number of morpholine rings is 1. The third-order valence-corrected chi connectivity index (χ3v) is 5.29. The van der Waals surface area contributed by atoms with Gasteiger partial charge in [0.2, 0.25) is 0 Å². The molecule has 1 atom stereocenters. The van der Waals surface area contributed by atoms with E-state index in [9.17, 15) is 4.79 Å². The summed E-state index contributed by atoms with van der Waals surface area (Å²) in [4.78, 5) is 14.8. The molecule has 1 unspecified atom stereocenters. The number of amides is 1. The van der Waals surface area contributed by atoms with Gasteiger partial charge in [-0.15, -0.1) is 0 Å². The van der Waals surface area contributed by atoms with E-state index in [4.69, 9.17) is 14.2 Å². The van der Waals surface area contributed by atoms with Gasteiger partial charge in [0.05, 0.1) is 20.3 Å². The highest BCUT2D eigenvalue weighted by Crippen LogP contribution is 2.27. The molecule has 1 aromatic carbocycles. The predicted octanol–water partition coefficient (Wildman–Crippen LogP) is 2.64. The van der Waals surface area contributed by atoms with Gasteiger partial charge in [-0.2, -0.15) is 0 Å². The normalized spacial score (nSPS) is 16.2. The number of carbonyl (C=O) groups is 1. The van der Waals surface area contributed by atoms with Crippen molar-refractivity contribution in [2.45, 2.75) is 39.7 Å². The smallest absolute Gasteiger partial charge is 0.257 e. The first-order valence-electron chi connectivity index (χ1n) is 9.94. The van der Waals surface area contributed by atoms with Gasteiger partial charge in [0.1, 0.15) is 0 Å². The Bertz CT molecular complexity index is 584. The molecule has 1 aliphatic heterocycles. The Morgan fingerprint density at radius 1 is 1.22 bits per heavy atom. The summed E-state index contributed by atoms with van der Waals surface area (Å²) in [5.41, 5.74) is 1.09. The number of rotatable bonds is 10. The second kappa shape index (κ2) is 11.1. The Morgan fingerprint density at radius 2 is 1.93 bits per heavy atom. The van der Waals surface area contributed by atoms with Crippen molar-refractivity contribution in [3.8, 4) is 11.5 Å². The Hall–Kier alpha value is -1.79. The summed E-state index contributed by atoms with van der Waals surface area (Å²) < 4.78 is 16.5. The molecule has 1 amide bonds. The van der Waals surface area contributed by atoms with Crippen LogP contribution >= 0.6 is 0 Å². The molecule has 2 rings (SSSR count). The second-order valence-electron chi connectivity index (χ2n) is 7.04. The van der Waals surface area contributed by atoms with E-state index in [1.54, 1.807) is 7.11 Å². The van der Waals surface area contributed by atoms with Gasteiger partial charge in [-0.25, -0.2) is 0 Å². The Kier molecular flexibility index (Phi) is 8.88. The molecule has 0 aromatic heterocycles. The van der Waals surface area contributed by atoms with E-state index in [1.807, 2.05) is 25.1 Å². The van der Waals surface area contributed by atoms with Gasteiger partial charge in [-0.1, -0.05) is 32.8 Å². The summed E-state index contributed by atoms with van der Waals surface area (Å²) in [7, 11) is 1.60. The molecule has 1 aromatic rings. The van der Waals surface area contributed by atoms with Gasteiger partial charge in [0, 0.05) is 25.7 Å². The van der Waals surface area contributed by atoms with Crippen LogP contribution in [0.25, 0.3) is 0 Å². The summed E-state index contributed by atoms with van der Waals surface area (Å²) in [5, 5.41) is 3.06. The quantitative estimate of drug-likeness (QED) is 0.678. The molecule has 0 bridgehead atoms. The third-order valence-electron chi connectivity index (χ3n) is 5.29. The van der Waals surface area contributed by atoms with Crippen LogP contribution in [0.15, 0.2) is 18.2 Å². The van der Waals surface area contributed by atoms with E-state index >= 15 is 0 Å². The Morgan fingerprint density at radius 3 is 2.56 bits per heavy atom. The minimum atomic E-state index is -0.109. The standard InChI is InChI=1S/C21H34N2O4/c1-5-17(6-2)18(23-9-11-26-12-10-23)14-22-21(24)15-27-19-8-7-16(3)13-20(19)25-4/h7-8,13,17-18H,5-6,9-12,14-15H2,1-4H3,(H,22,24). The van der Waals surface area contributed by atoms with Crippen LogP contribution in [-0.2, 0) is 9.53 Å². The average molecular weight is 379 g/mol. The molecule has 0 spiro atoms. The molecule has 27 heavy (non-hydrogen) atoms. The van der Waals surface area contributed by atoms with Crippen molar-refractivity contribution >= 4 is 5.91 Å². The van der Waals surface area contributed by atoms with E-state index < -0.39 is 0 Å². The number of hydrogen-bond acceptors (Lipinski definition) is 5. The van der Waals surface area contributed by atoms with Crippen LogP contribution in [0.3, 0.4) is 0 Å². The number of ether oxygens (including phenoxy) is 3. The van der Waals surface area contributed by atoms with Crippen molar-refractivity contribution < 1.29 is 19.0 Å². The topological polar surface area (TPSA) is 60.0 Å². The fourth-order valence-electron chi connectivity index (χ4n) is 3.64. The lowest BCUT2D eigenvalue weighted by atomic mass is 9.92. The maximum absolute atomic E-state index is 12.3. The first kappa shape index (κ1) is 21.5. The van der Waals surface area contributed by atoms with Crippen molar-refractivity contribution in [2.75, 3.05) is 46.6 Å². The monoisotopic (exact) mass is 378 g/mol. The van der Waals surface area contributed by atoms with E-state index in [-0.39, 0.29) is 12.5 Å². The number of methoxy groups -OCH3 is 1. The molecular weight excluding hydrogens is 344 g/mol. The second-order valence-corrected chi connectivity index (χ2v) is 7.04. The first-order chi connectivity index (χ1) is 13.1. The molecule has 0 saturated carbocycles. The molecule has 6 nitrogen and oxygen atoms in total. The molecule has 1 N–H and O–H groups in total. The number of hydrogen-bond donors (Lipinski definition) is 1. The highest BCUT2D eigenvalue weighted by Gasteiger charge is 2.27. The fourth-order valence-corrected chi connectivity index (χ4v) is 3.64. The lowest BCUT2D eigenvalue weighted by molar-refractivity contribution is -0.123. The van der Waals surface area contributed by atoms with Crippen LogP contribution in [0.2, 0.25) is 0 Å². The van der Waals surface area contributed by atoms with Crippen LogP contribution in [0.1, 0.15) is 32.3 Å². The molecule has 1 aliphatic rings. The molecular formula is C21H34N2O4. The van der Waals surface area contributed by atoms with E-state index in [1.165, 1.54) is 0 Å². The molecule has 152 valence electrons. The van der Waals surface area contributed by atoms with Crippen molar-refractivity contribution in [2.24, 2.45) is 5.92 Å². The lowest BCUT2D eigenvalue weighted by Gasteiger charge is -2.38. The minimum Gasteiger partial charge on any atom is -0.493 e. The van der Waals surface area contributed by atoms with Crippen LogP contribution in [-0.4, -0.2) is 63.4 Å². The zero-order valence-corrected chi connectivity index (χ0v) is 17.1. The van der Waals surface area contributed by atoms with Gasteiger partial charge in [-0.05, 0) is 30.5 Å². The third kappa shape index (κ3) is 6.40. The van der Waals surface area contributed by atoms with Crippen molar-refractivity contribution in [1.29, 1.82) is 0 Å². The average Bonchev–Trinajstić information content (AvgIpc) is 2.70. The maximum Gasteiger partial charge on any atom is 0.257 e. The van der Waals surface area contributed by atoms with Gasteiger partial charge in [0.15, 0.2) is 18.1 Å².